The van der Waals surface area contributed by atoms with Crippen LogP contribution in [0.3, 0.4) is 0 Å². The Labute approximate surface area is 186 Å². The molecule has 0 atom stereocenters. The molecule has 2 heterocycles. The summed E-state index contributed by atoms with van der Waals surface area (Å²) in [7, 11) is 0. The van der Waals surface area contributed by atoms with Gasteiger partial charge in [-0.25, -0.2) is 4.39 Å². The lowest BCUT2D eigenvalue weighted by Gasteiger charge is -2.31. The number of anilines is 1. The first-order valence-electron chi connectivity index (χ1n) is 10.4. The van der Waals surface area contributed by atoms with Crippen LogP contribution in [-0.4, -0.2) is 29.2 Å². The van der Waals surface area contributed by atoms with Crippen LogP contribution in [0.25, 0.3) is 0 Å². The molecule has 1 fully saturated rings. The van der Waals surface area contributed by atoms with Gasteiger partial charge in [0, 0.05) is 30.4 Å². The van der Waals surface area contributed by atoms with Gasteiger partial charge in [0.15, 0.2) is 5.82 Å². The summed E-state index contributed by atoms with van der Waals surface area (Å²) < 4.78 is 13.0. The quantitative estimate of drug-likeness (QED) is 0.612. The van der Waals surface area contributed by atoms with E-state index in [4.69, 9.17) is 0 Å². The third-order valence-corrected chi connectivity index (χ3v) is 6.37. The van der Waals surface area contributed by atoms with Gasteiger partial charge in [-0.2, -0.15) is 0 Å². The predicted octanol–water partition coefficient (Wildman–Crippen LogP) is 4.61. The van der Waals surface area contributed by atoms with Gasteiger partial charge in [0.25, 0.3) is 0 Å². The number of benzene rings is 2. The van der Waals surface area contributed by atoms with Gasteiger partial charge in [0.05, 0.1) is 0 Å². The molecule has 1 aliphatic rings. The predicted molar refractivity (Wildman–Crippen MR) is 121 cm³/mol. The number of hydrogen-bond donors (Lipinski definition) is 1. The number of carbonyl (C=O) groups is 1. The summed E-state index contributed by atoms with van der Waals surface area (Å²) in [5.41, 5.74) is 2.13. The van der Waals surface area contributed by atoms with Crippen LogP contribution >= 0.6 is 11.8 Å². The minimum Gasteiger partial charge on any atom is -0.355 e. The van der Waals surface area contributed by atoms with E-state index in [1.54, 1.807) is 23.9 Å². The normalized spacial score (nSPS) is 14.5. The van der Waals surface area contributed by atoms with E-state index < -0.39 is 0 Å². The van der Waals surface area contributed by atoms with Crippen molar-refractivity contribution < 1.29 is 9.18 Å². The number of rotatable bonds is 6. The molecule has 0 spiro atoms. The first-order valence-corrected chi connectivity index (χ1v) is 11.2. The number of aryl methyl sites for hydroxylation is 1. The smallest absolute Gasteiger partial charge is 0.223 e. The fourth-order valence-corrected chi connectivity index (χ4v) is 4.30. The van der Waals surface area contributed by atoms with E-state index in [0.29, 0.717) is 6.54 Å². The minimum atomic E-state index is -0.271. The van der Waals surface area contributed by atoms with Gasteiger partial charge < -0.3 is 10.2 Å². The van der Waals surface area contributed by atoms with Crippen LogP contribution in [0.15, 0.2) is 70.6 Å². The monoisotopic (exact) mass is 436 g/mol. The van der Waals surface area contributed by atoms with Gasteiger partial charge in [-0.15, -0.1) is 10.2 Å². The second-order valence-electron chi connectivity index (χ2n) is 7.75. The van der Waals surface area contributed by atoms with Crippen molar-refractivity contribution in [3.05, 3.63) is 77.6 Å². The summed E-state index contributed by atoms with van der Waals surface area (Å²) in [6.45, 7) is 4.04. The topological polar surface area (TPSA) is 58.1 Å². The van der Waals surface area contributed by atoms with Crippen LogP contribution in [0, 0.1) is 18.7 Å². The molecule has 0 saturated carbocycles. The molecule has 1 aromatic heterocycles. The molecule has 0 radical (unpaired) electrons. The number of hydrogen-bond acceptors (Lipinski definition) is 5. The highest BCUT2D eigenvalue weighted by atomic mass is 32.2. The SMILES string of the molecule is Cc1ccc(Sc2ccc(N3CCC(C(=O)NCc4ccc(F)cc4)CC3)nn2)cc1. The zero-order valence-electron chi connectivity index (χ0n) is 17.4. The van der Waals surface area contributed by atoms with Crippen molar-refractivity contribution in [3.63, 3.8) is 0 Å². The second kappa shape index (κ2) is 9.92. The van der Waals surface area contributed by atoms with Gasteiger partial charge in [-0.05, 0) is 61.7 Å². The van der Waals surface area contributed by atoms with Crippen molar-refractivity contribution in [2.45, 2.75) is 36.2 Å². The lowest BCUT2D eigenvalue weighted by molar-refractivity contribution is -0.125. The van der Waals surface area contributed by atoms with Gasteiger partial charge in [0.2, 0.25) is 5.91 Å². The molecule has 1 saturated heterocycles. The average molecular weight is 437 g/mol. The first kappa shape index (κ1) is 21.3. The number of halogens is 1. The van der Waals surface area contributed by atoms with Crippen molar-refractivity contribution in [1.29, 1.82) is 0 Å². The Kier molecular flexibility index (Phi) is 6.82. The summed E-state index contributed by atoms with van der Waals surface area (Å²) in [4.78, 5) is 15.8. The van der Waals surface area contributed by atoms with E-state index in [-0.39, 0.29) is 17.6 Å². The molecule has 4 rings (SSSR count). The van der Waals surface area contributed by atoms with Crippen molar-refractivity contribution >= 4 is 23.5 Å². The van der Waals surface area contributed by atoms with E-state index in [1.807, 2.05) is 12.1 Å². The number of aromatic nitrogens is 2. The van der Waals surface area contributed by atoms with Crippen LogP contribution in [0.5, 0.6) is 0 Å². The van der Waals surface area contributed by atoms with Crippen LogP contribution in [0.4, 0.5) is 10.2 Å². The lowest BCUT2D eigenvalue weighted by Crippen LogP contribution is -2.40. The molecular weight excluding hydrogens is 411 g/mol. The Balaban J connectivity index is 1.25. The Hall–Kier alpha value is -2.93. The molecule has 1 amide bonds. The summed E-state index contributed by atoms with van der Waals surface area (Å²) >= 11 is 1.59. The number of amides is 1. The average Bonchev–Trinajstić information content (AvgIpc) is 2.81. The molecule has 0 aliphatic carbocycles. The highest BCUT2D eigenvalue weighted by Crippen LogP contribution is 2.27. The highest BCUT2D eigenvalue weighted by Gasteiger charge is 2.25. The molecule has 7 heteroatoms. The van der Waals surface area contributed by atoms with Gasteiger partial charge in [-0.1, -0.05) is 41.6 Å². The van der Waals surface area contributed by atoms with Crippen LogP contribution in [0.1, 0.15) is 24.0 Å². The molecule has 5 nitrogen and oxygen atoms in total. The maximum Gasteiger partial charge on any atom is 0.223 e. The van der Waals surface area contributed by atoms with Crippen LogP contribution < -0.4 is 10.2 Å². The number of carbonyl (C=O) groups excluding carboxylic acids is 1. The molecule has 160 valence electrons. The van der Waals surface area contributed by atoms with E-state index in [0.717, 1.165) is 47.2 Å². The molecule has 1 aliphatic heterocycles. The molecule has 2 aromatic carbocycles. The zero-order chi connectivity index (χ0) is 21.6. The van der Waals surface area contributed by atoms with E-state index in [1.165, 1.54) is 17.7 Å². The van der Waals surface area contributed by atoms with Crippen molar-refractivity contribution in [2.24, 2.45) is 5.92 Å². The Bertz CT molecular complexity index is 1000. The van der Waals surface area contributed by atoms with Crippen molar-refractivity contribution in [1.82, 2.24) is 15.5 Å². The third-order valence-electron chi connectivity index (χ3n) is 5.44. The van der Waals surface area contributed by atoms with E-state index >= 15 is 0 Å². The Morgan fingerprint density at radius 1 is 1.03 bits per heavy atom. The zero-order valence-corrected chi connectivity index (χ0v) is 18.2. The maximum atomic E-state index is 13.0. The van der Waals surface area contributed by atoms with E-state index in [9.17, 15) is 9.18 Å². The van der Waals surface area contributed by atoms with Crippen molar-refractivity contribution in [2.75, 3.05) is 18.0 Å². The molecule has 31 heavy (non-hydrogen) atoms. The standard InChI is InChI=1S/C24H25FN4OS/c1-17-2-8-21(9-3-17)31-23-11-10-22(27-28-23)29-14-12-19(13-15-29)24(30)26-16-18-4-6-20(25)7-5-18/h2-11,19H,12-16H2,1H3,(H,26,30). The van der Waals surface area contributed by atoms with Gasteiger partial charge in [0.1, 0.15) is 10.8 Å². The molecule has 3 aromatic rings. The summed E-state index contributed by atoms with van der Waals surface area (Å²) in [5.74, 6) is 0.617. The summed E-state index contributed by atoms with van der Waals surface area (Å²) in [6, 6.07) is 18.5. The number of nitrogens with zero attached hydrogens (tertiary/aromatic N) is 3. The van der Waals surface area contributed by atoms with Crippen LogP contribution in [-0.2, 0) is 11.3 Å². The largest absolute Gasteiger partial charge is 0.355 e. The molecule has 0 unspecified atom stereocenters. The summed E-state index contributed by atoms with van der Waals surface area (Å²) in [5, 5.41) is 12.6. The molecular formula is C24H25FN4OS. The highest BCUT2D eigenvalue weighted by molar-refractivity contribution is 7.99. The first-order chi connectivity index (χ1) is 15.1. The number of nitrogens with one attached hydrogen (secondary N) is 1. The van der Waals surface area contributed by atoms with Crippen molar-refractivity contribution in [3.8, 4) is 0 Å². The summed E-state index contributed by atoms with van der Waals surface area (Å²) in [6.07, 6.45) is 1.55. The fraction of sp³-hybridized carbons (Fsp3) is 0.292. The fourth-order valence-electron chi connectivity index (χ4n) is 3.57. The maximum absolute atomic E-state index is 13.0. The second-order valence-corrected chi connectivity index (χ2v) is 8.84. The third kappa shape index (κ3) is 5.82. The van der Waals surface area contributed by atoms with Crippen LogP contribution in [0.2, 0.25) is 0 Å². The Morgan fingerprint density at radius 3 is 2.39 bits per heavy atom. The lowest BCUT2D eigenvalue weighted by atomic mass is 9.96. The van der Waals surface area contributed by atoms with E-state index in [2.05, 4.69) is 51.6 Å². The minimum absolute atomic E-state index is 0.0129. The van der Waals surface area contributed by atoms with Gasteiger partial charge in [-0.3, -0.25) is 4.79 Å². The number of piperidine rings is 1. The molecule has 0 bridgehead atoms. The Morgan fingerprint density at radius 2 is 1.74 bits per heavy atom. The molecule has 1 N–H and O–H groups in total. The van der Waals surface area contributed by atoms with Gasteiger partial charge >= 0.3 is 0 Å².